The molecule has 0 saturated carbocycles. The average Bonchev–Trinajstić information content (AvgIpc) is 2.69. The van der Waals surface area contributed by atoms with E-state index in [0.717, 1.165) is 29.1 Å². The van der Waals surface area contributed by atoms with Gasteiger partial charge in [0.2, 0.25) is 0 Å². The number of nitro groups is 1. The van der Waals surface area contributed by atoms with Crippen LogP contribution in [0.4, 0.5) is 5.69 Å². The highest BCUT2D eigenvalue weighted by Gasteiger charge is 2.15. The Labute approximate surface area is 180 Å². The molecule has 0 heterocycles. The monoisotopic (exact) mass is 509 g/mol. The Morgan fingerprint density at radius 2 is 1.81 bits per heavy atom. The van der Waals surface area contributed by atoms with Gasteiger partial charge in [-0.05, 0) is 68.9 Å². The quantitative estimate of drug-likeness (QED) is 0.0988. The van der Waals surface area contributed by atoms with Crippen LogP contribution in [0, 0.1) is 10.1 Å². The second kappa shape index (κ2) is 10.3. The Morgan fingerprint density at radius 3 is 2.63 bits per heavy atom. The minimum Gasteiger partial charge on any atom is -0.258 e. The van der Waals surface area contributed by atoms with Crippen molar-refractivity contribution in [3.8, 4) is 0 Å². The number of aryl methyl sites for hydroxylation is 1. The number of nitrogens with zero attached hydrogens (tertiary/aromatic N) is 1. The fourth-order valence-corrected chi connectivity index (χ4v) is 5.36. The Bertz CT molecular complexity index is 928. The molecule has 0 aliphatic heterocycles. The van der Waals surface area contributed by atoms with Crippen LogP contribution in [0.25, 0.3) is 10.8 Å². The number of hydrogen-bond donors (Lipinski definition) is 0. The SMILES string of the molecule is O=[N+]([O-])c1ccc(CCCCSI)cc1CSc1cccc2ccccc12. The predicted molar refractivity (Wildman–Crippen MR) is 126 cm³/mol. The predicted octanol–water partition coefficient (Wildman–Crippen LogP) is 7.45. The maximum Gasteiger partial charge on any atom is 0.273 e. The van der Waals surface area contributed by atoms with E-state index in [1.54, 1.807) is 17.8 Å². The van der Waals surface area contributed by atoms with Gasteiger partial charge in [-0.25, -0.2) is 0 Å². The van der Waals surface area contributed by atoms with Gasteiger partial charge in [-0.15, -0.1) is 11.8 Å². The average molecular weight is 509 g/mol. The van der Waals surface area contributed by atoms with E-state index in [4.69, 9.17) is 0 Å². The molecule has 0 fully saturated rings. The third-order valence-electron chi connectivity index (χ3n) is 4.41. The van der Waals surface area contributed by atoms with Crippen molar-refractivity contribution >= 4 is 58.4 Å². The third kappa shape index (κ3) is 5.62. The number of fused-ring (bicyclic) bond motifs is 1. The molecular weight excluding hydrogens is 489 g/mol. The van der Waals surface area contributed by atoms with Crippen molar-refractivity contribution in [3.05, 3.63) is 81.9 Å². The summed E-state index contributed by atoms with van der Waals surface area (Å²) in [5, 5.41) is 13.8. The molecule has 3 aromatic rings. The van der Waals surface area contributed by atoms with E-state index in [1.807, 2.05) is 39.3 Å². The zero-order valence-electron chi connectivity index (χ0n) is 14.8. The zero-order chi connectivity index (χ0) is 19.1. The number of hydrogen-bond acceptors (Lipinski definition) is 4. The van der Waals surface area contributed by atoms with Crippen LogP contribution in [-0.4, -0.2) is 10.7 Å². The molecule has 0 aliphatic carbocycles. The molecule has 0 saturated heterocycles. The van der Waals surface area contributed by atoms with Gasteiger partial charge in [-0.1, -0.05) is 51.4 Å². The second-order valence-electron chi connectivity index (χ2n) is 6.26. The first-order chi connectivity index (χ1) is 13.2. The summed E-state index contributed by atoms with van der Waals surface area (Å²) >= 11 is 3.99. The fourth-order valence-electron chi connectivity index (χ4n) is 3.05. The van der Waals surface area contributed by atoms with Gasteiger partial charge < -0.3 is 0 Å². The normalized spacial score (nSPS) is 11.0. The second-order valence-corrected chi connectivity index (χ2v) is 9.77. The molecule has 0 amide bonds. The van der Waals surface area contributed by atoms with Crippen LogP contribution in [0.1, 0.15) is 24.0 Å². The van der Waals surface area contributed by atoms with Gasteiger partial charge >= 0.3 is 0 Å². The highest BCUT2D eigenvalue weighted by atomic mass is 127. The molecular formula is C21H20INO2S2. The van der Waals surface area contributed by atoms with E-state index < -0.39 is 0 Å². The topological polar surface area (TPSA) is 43.1 Å². The lowest BCUT2D eigenvalue weighted by atomic mass is 10.0. The number of thioether (sulfide) groups is 1. The van der Waals surface area contributed by atoms with Crippen LogP contribution >= 0.6 is 41.9 Å². The summed E-state index contributed by atoms with van der Waals surface area (Å²) < 4.78 is 0. The zero-order valence-corrected chi connectivity index (χ0v) is 18.6. The van der Waals surface area contributed by atoms with Crippen molar-refractivity contribution in [3.63, 3.8) is 0 Å². The van der Waals surface area contributed by atoms with E-state index in [1.165, 1.54) is 22.8 Å². The minimum absolute atomic E-state index is 0.217. The summed E-state index contributed by atoms with van der Waals surface area (Å²) in [6, 6.07) is 20.1. The van der Waals surface area contributed by atoms with E-state index in [-0.39, 0.29) is 10.6 Å². The third-order valence-corrected chi connectivity index (χ3v) is 7.30. The molecule has 0 aliphatic rings. The number of halogens is 1. The molecule has 0 bridgehead atoms. The van der Waals surface area contributed by atoms with Gasteiger partial charge in [0.25, 0.3) is 5.69 Å². The van der Waals surface area contributed by atoms with Gasteiger partial charge in [-0.3, -0.25) is 10.1 Å². The number of unbranched alkanes of at least 4 members (excludes halogenated alkanes) is 1. The molecule has 3 rings (SSSR count). The lowest BCUT2D eigenvalue weighted by Gasteiger charge is -2.09. The Hall–Kier alpha value is -1.25. The summed E-state index contributed by atoms with van der Waals surface area (Å²) in [4.78, 5) is 12.3. The molecule has 140 valence electrons. The molecule has 0 atom stereocenters. The number of nitro benzene ring substituents is 1. The summed E-state index contributed by atoms with van der Waals surface area (Å²) in [5.41, 5.74) is 2.21. The molecule has 6 heteroatoms. The fraction of sp³-hybridized carbons (Fsp3) is 0.238. The Morgan fingerprint density at radius 1 is 1.00 bits per heavy atom. The van der Waals surface area contributed by atoms with Crippen molar-refractivity contribution in [1.82, 2.24) is 0 Å². The Kier molecular flexibility index (Phi) is 7.84. The lowest BCUT2D eigenvalue weighted by Crippen LogP contribution is -1.97. The van der Waals surface area contributed by atoms with Crippen LogP contribution in [0.2, 0.25) is 0 Å². The maximum atomic E-state index is 11.4. The highest BCUT2D eigenvalue weighted by molar-refractivity contribution is 14.2. The standard InChI is InChI=1S/C21H20INO2S2/c22-27-13-4-3-6-16-11-12-20(23(24)25)18(14-16)15-26-21-10-5-8-17-7-1-2-9-19(17)21/h1-2,5,7-12,14H,3-4,6,13,15H2. The van der Waals surface area contributed by atoms with Gasteiger partial charge in [0, 0.05) is 28.0 Å². The first kappa shape index (κ1) is 20.5. The van der Waals surface area contributed by atoms with Gasteiger partial charge in [-0.2, -0.15) is 0 Å². The van der Waals surface area contributed by atoms with Crippen molar-refractivity contribution in [2.75, 3.05) is 5.75 Å². The summed E-state index contributed by atoms with van der Waals surface area (Å²) in [6.45, 7) is 0. The van der Waals surface area contributed by atoms with Crippen LogP contribution in [0.5, 0.6) is 0 Å². The van der Waals surface area contributed by atoms with Crippen LogP contribution in [-0.2, 0) is 12.2 Å². The summed E-state index contributed by atoms with van der Waals surface area (Å²) in [7, 11) is 1.83. The molecule has 3 aromatic carbocycles. The number of rotatable bonds is 9. The van der Waals surface area contributed by atoms with Gasteiger partial charge in [0.15, 0.2) is 0 Å². The smallest absolute Gasteiger partial charge is 0.258 e. The van der Waals surface area contributed by atoms with E-state index in [2.05, 4.69) is 45.5 Å². The van der Waals surface area contributed by atoms with E-state index >= 15 is 0 Å². The molecule has 27 heavy (non-hydrogen) atoms. The molecule has 0 aromatic heterocycles. The Balaban J connectivity index is 1.78. The first-order valence-electron chi connectivity index (χ1n) is 8.79. The van der Waals surface area contributed by atoms with Crippen molar-refractivity contribution < 1.29 is 4.92 Å². The number of benzene rings is 3. The molecule has 0 spiro atoms. The van der Waals surface area contributed by atoms with Crippen molar-refractivity contribution in [1.29, 1.82) is 0 Å². The summed E-state index contributed by atoms with van der Waals surface area (Å²) in [5.74, 6) is 1.75. The molecule has 0 radical (unpaired) electrons. The summed E-state index contributed by atoms with van der Waals surface area (Å²) in [6.07, 6.45) is 3.26. The first-order valence-corrected chi connectivity index (χ1v) is 13.3. The van der Waals surface area contributed by atoms with Gasteiger partial charge in [0.1, 0.15) is 0 Å². The molecule has 3 nitrogen and oxygen atoms in total. The van der Waals surface area contributed by atoms with Gasteiger partial charge in [0.05, 0.1) is 4.92 Å². The van der Waals surface area contributed by atoms with Crippen molar-refractivity contribution in [2.24, 2.45) is 0 Å². The lowest BCUT2D eigenvalue weighted by molar-refractivity contribution is -0.385. The maximum absolute atomic E-state index is 11.4. The minimum atomic E-state index is -0.268. The van der Waals surface area contributed by atoms with Crippen LogP contribution in [0.3, 0.4) is 0 Å². The largest absolute Gasteiger partial charge is 0.273 e. The van der Waals surface area contributed by atoms with Crippen molar-refractivity contribution in [2.45, 2.75) is 29.9 Å². The van der Waals surface area contributed by atoms with Crippen LogP contribution in [0.15, 0.2) is 65.6 Å². The highest BCUT2D eigenvalue weighted by Crippen LogP contribution is 2.33. The van der Waals surface area contributed by atoms with E-state index in [9.17, 15) is 10.1 Å². The van der Waals surface area contributed by atoms with Crippen LogP contribution < -0.4 is 0 Å². The van der Waals surface area contributed by atoms with E-state index in [0.29, 0.717) is 5.75 Å². The molecule has 0 N–H and O–H groups in total. The molecule has 0 unspecified atom stereocenters.